The van der Waals surface area contributed by atoms with Gasteiger partial charge in [-0.1, -0.05) is 0 Å². The molecule has 0 aliphatic heterocycles. The summed E-state index contributed by atoms with van der Waals surface area (Å²) in [7, 11) is -3.11. The van der Waals surface area contributed by atoms with E-state index in [4.69, 9.17) is 34.8 Å². The Morgan fingerprint density at radius 2 is 1.07 bits per heavy atom. The number of rotatable bonds is 5. The highest BCUT2D eigenvalue weighted by molar-refractivity contribution is 6.48. The maximum Gasteiger partial charge on any atom is 0.671 e. The summed E-state index contributed by atoms with van der Waals surface area (Å²) in [5, 5.41) is 34.0. The summed E-state index contributed by atoms with van der Waals surface area (Å²) >= 11 is 0. The van der Waals surface area contributed by atoms with Gasteiger partial charge in [0.25, 0.3) is 0 Å². The summed E-state index contributed by atoms with van der Waals surface area (Å²) in [4.78, 5) is 23.6. The molecule has 9 heteroatoms. The molecule has 0 aliphatic carbocycles. The average Bonchev–Trinajstić information content (AvgIpc) is 2.22. The molecule has 0 aromatic carbocycles. The van der Waals surface area contributed by atoms with Crippen LogP contribution in [0.4, 0.5) is 0 Å². The normalized spacial score (nSPS) is 12.0. The first kappa shape index (κ1) is 17.3. The molecule has 0 rings (SSSR count). The number of aliphatic hydroxyl groups excluding tert-OH is 4. The zero-order valence-electron chi connectivity index (χ0n) is 8.37. The molecule has 0 atom stereocenters. The monoisotopic (exact) mass is 246 g/mol. The van der Waals surface area contributed by atoms with Crippen LogP contribution in [0.1, 0.15) is 0 Å². The van der Waals surface area contributed by atoms with Gasteiger partial charge in [0.2, 0.25) is 0 Å². The quantitative estimate of drug-likeness (QED) is 0.242. The van der Waals surface area contributed by atoms with Crippen molar-refractivity contribution < 1.29 is 39.2 Å². The van der Waals surface area contributed by atoms with Crippen molar-refractivity contribution in [3.63, 3.8) is 0 Å². The highest BCUT2D eigenvalue weighted by Crippen LogP contribution is 2.11. The third-order valence-corrected chi connectivity index (χ3v) is 2.16. The molecule has 0 fully saturated rings. The van der Waals surface area contributed by atoms with E-state index in [0.29, 0.717) is 0 Å². The van der Waals surface area contributed by atoms with Crippen molar-refractivity contribution >= 4 is 9.05 Å². The van der Waals surface area contributed by atoms with Crippen molar-refractivity contribution in [2.24, 2.45) is 5.41 Å². The van der Waals surface area contributed by atoms with Gasteiger partial charge in [-0.25, -0.2) is 0 Å². The highest BCUT2D eigenvalue weighted by Gasteiger charge is 2.27. The Morgan fingerprint density at radius 3 is 1.07 bits per heavy atom. The van der Waals surface area contributed by atoms with Crippen molar-refractivity contribution in [2.45, 2.75) is 0 Å². The molecule has 0 saturated carbocycles. The van der Waals surface area contributed by atoms with Crippen molar-refractivity contribution in [1.82, 2.24) is 0 Å². The van der Waals surface area contributed by atoms with Crippen LogP contribution in [-0.4, -0.2) is 77.4 Å². The Hall–Kier alpha value is -0.103. The molecular weight excluding hydrogens is 228 g/mol. The van der Waals surface area contributed by atoms with Gasteiger partial charge < -0.3 is 39.2 Å². The minimum atomic E-state index is -4.13. The average molecular weight is 246 g/mol. The summed E-state index contributed by atoms with van der Waals surface area (Å²) in [5.74, 6) is 0. The standard InChI is InChI=1S/C5H12O4.CH6O4Si/c6-1-5(2-7,3-8)4-9;1-5-6(2,3)4/h6-9H,1-4H2;2-4H,1H3. The molecule has 0 unspecified atom stereocenters. The van der Waals surface area contributed by atoms with Crippen LogP contribution in [0, 0.1) is 5.41 Å². The Labute approximate surface area is 88.1 Å². The van der Waals surface area contributed by atoms with Crippen molar-refractivity contribution in [1.29, 1.82) is 0 Å². The van der Waals surface area contributed by atoms with E-state index in [-0.39, 0.29) is 0 Å². The third kappa shape index (κ3) is 8.86. The van der Waals surface area contributed by atoms with Crippen molar-refractivity contribution in [3.05, 3.63) is 0 Å². The Bertz CT molecular complexity index is 125. The number of hydrogen-bond donors (Lipinski definition) is 7. The highest BCUT2D eigenvalue weighted by atomic mass is 28.4. The fraction of sp³-hybridized carbons (Fsp3) is 1.00. The van der Waals surface area contributed by atoms with Gasteiger partial charge in [-0.15, -0.1) is 0 Å². The first-order chi connectivity index (χ1) is 6.80. The van der Waals surface area contributed by atoms with Crippen molar-refractivity contribution in [3.8, 4) is 0 Å². The van der Waals surface area contributed by atoms with Gasteiger partial charge in [-0.2, -0.15) is 0 Å². The van der Waals surface area contributed by atoms with Crippen LogP contribution in [-0.2, 0) is 4.43 Å². The maximum atomic E-state index is 8.50. The summed E-state index contributed by atoms with van der Waals surface area (Å²) in [6.07, 6.45) is 0. The molecule has 0 aromatic heterocycles. The van der Waals surface area contributed by atoms with E-state index in [0.717, 1.165) is 7.11 Å². The molecular formula is C6H18O8Si. The second-order valence-electron chi connectivity index (χ2n) is 2.91. The predicted molar refractivity (Wildman–Crippen MR) is 50.2 cm³/mol. The molecule has 0 bridgehead atoms. The van der Waals surface area contributed by atoms with Crippen LogP contribution in [0.5, 0.6) is 0 Å². The van der Waals surface area contributed by atoms with Gasteiger partial charge in [0.1, 0.15) is 0 Å². The molecule has 8 nitrogen and oxygen atoms in total. The van der Waals surface area contributed by atoms with Gasteiger partial charge in [-0.05, 0) is 0 Å². The Balaban J connectivity index is 0. The summed E-state index contributed by atoms with van der Waals surface area (Å²) < 4.78 is 3.74. The van der Waals surface area contributed by atoms with Crippen LogP contribution in [0.25, 0.3) is 0 Å². The lowest BCUT2D eigenvalue weighted by Crippen LogP contribution is -2.37. The Kier molecular flexibility index (Phi) is 9.34. The lowest BCUT2D eigenvalue weighted by Gasteiger charge is -2.23. The predicted octanol–water partition coefficient (Wildman–Crippen LogP) is -4.01. The van der Waals surface area contributed by atoms with Crippen LogP contribution >= 0.6 is 0 Å². The molecule has 0 spiro atoms. The summed E-state index contributed by atoms with van der Waals surface area (Å²) in [6.45, 7) is -1.62. The van der Waals surface area contributed by atoms with Gasteiger partial charge in [0.05, 0.1) is 31.8 Å². The molecule has 94 valence electrons. The topological polar surface area (TPSA) is 151 Å². The minimum absolute atomic E-state index is 0.406. The fourth-order valence-corrected chi connectivity index (χ4v) is 0.300. The second kappa shape index (κ2) is 8.10. The van der Waals surface area contributed by atoms with Crippen LogP contribution < -0.4 is 0 Å². The van der Waals surface area contributed by atoms with Gasteiger partial charge >= 0.3 is 9.05 Å². The molecule has 0 radical (unpaired) electrons. The van der Waals surface area contributed by atoms with Crippen LogP contribution in [0.2, 0.25) is 0 Å². The van der Waals surface area contributed by atoms with Gasteiger partial charge in [0, 0.05) is 7.11 Å². The van der Waals surface area contributed by atoms with E-state index in [9.17, 15) is 0 Å². The summed E-state index contributed by atoms with van der Waals surface area (Å²) in [5.41, 5.74) is -1.11. The van der Waals surface area contributed by atoms with E-state index >= 15 is 0 Å². The SMILES string of the molecule is CO[Si](O)(O)O.OCC(CO)(CO)CO. The lowest BCUT2D eigenvalue weighted by atomic mass is 9.93. The molecule has 0 aliphatic rings. The molecule has 0 aromatic rings. The number of hydrogen-bond acceptors (Lipinski definition) is 8. The molecule has 0 heterocycles. The molecule has 0 saturated heterocycles. The zero-order chi connectivity index (χ0) is 12.5. The van der Waals surface area contributed by atoms with Gasteiger partial charge in [0.15, 0.2) is 0 Å². The fourth-order valence-electron chi connectivity index (χ4n) is 0.300. The Morgan fingerprint density at radius 1 is 0.867 bits per heavy atom. The maximum absolute atomic E-state index is 8.50. The molecule has 0 amide bonds. The second-order valence-corrected chi connectivity index (χ2v) is 4.47. The van der Waals surface area contributed by atoms with E-state index in [1.54, 1.807) is 0 Å². The van der Waals surface area contributed by atoms with E-state index < -0.39 is 40.9 Å². The van der Waals surface area contributed by atoms with Crippen LogP contribution in [0.3, 0.4) is 0 Å². The first-order valence-corrected chi connectivity index (χ1v) is 5.71. The largest absolute Gasteiger partial charge is 0.671 e. The first-order valence-electron chi connectivity index (χ1n) is 3.96. The third-order valence-electron chi connectivity index (χ3n) is 1.62. The minimum Gasteiger partial charge on any atom is -0.396 e. The zero-order valence-corrected chi connectivity index (χ0v) is 9.37. The van der Waals surface area contributed by atoms with E-state index in [1.165, 1.54) is 0 Å². The van der Waals surface area contributed by atoms with Gasteiger partial charge in [-0.3, -0.25) is 0 Å². The van der Waals surface area contributed by atoms with E-state index in [1.807, 2.05) is 0 Å². The van der Waals surface area contributed by atoms with Crippen molar-refractivity contribution in [2.75, 3.05) is 33.5 Å². The molecule has 15 heavy (non-hydrogen) atoms. The smallest absolute Gasteiger partial charge is 0.396 e. The van der Waals surface area contributed by atoms with E-state index in [2.05, 4.69) is 4.43 Å². The molecule has 7 N–H and O–H groups in total. The lowest BCUT2D eigenvalue weighted by molar-refractivity contribution is -0.0328. The van der Waals surface area contributed by atoms with Crippen LogP contribution in [0.15, 0.2) is 0 Å². The summed E-state index contributed by atoms with van der Waals surface area (Å²) in [6, 6.07) is 0. The number of aliphatic hydroxyl groups is 4.